The Morgan fingerprint density at radius 2 is 1.95 bits per heavy atom. The standard InChI is InChI=1S/C14H17FO4/c1-4-5-11(16)13(15)14(17)10-8-9(18-2)6-7-12(10)19-3/h6-8,13H,4-5H2,1-3H3. The number of ketones is 2. The Labute approximate surface area is 111 Å². The van der Waals surface area contributed by atoms with Gasteiger partial charge in [0.05, 0.1) is 19.8 Å². The van der Waals surface area contributed by atoms with Crippen LogP contribution in [0.3, 0.4) is 0 Å². The van der Waals surface area contributed by atoms with Crippen molar-refractivity contribution in [2.24, 2.45) is 0 Å². The summed E-state index contributed by atoms with van der Waals surface area (Å²) in [5.41, 5.74) is 0.0128. The van der Waals surface area contributed by atoms with Crippen molar-refractivity contribution in [1.29, 1.82) is 0 Å². The first-order valence-corrected chi connectivity index (χ1v) is 5.98. The zero-order chi connectivity index (χ0) is 14.4. The Hall–Kier alpha value is -1.91. The van der Waals surface area contributed by atoms with E-state index in [2.05, 4.69) is 0 Å². The highest BCUT2D eigenvalue weighted by Gasteiger charge is 2.28. The Morgan fingerprint density at radius 3 is 2.47 bits per heavy atom. The Balaban J connectivity index is 3.06. The summed E-state index contributed by atoms with van der Waals surface area (Å²) in [6.45, 7) is 1.75. The second kappa shape index (κ2) is 6.87. The number of carbonyl (C=O) groups excluding carboxylic acids is 2. The molecule has 19 heavy (non-hydrogen) atoms. The van der Waals surface area contributed by atoms with E-state index in [0.717, 1.165) is 0 Å². The lowest BCUT2D eigenvalue weighted by Gasteiger charge is -2.11. The molecule has 1 rings (SSSR count). The van der Waals surface area contributed by atoms with Gasteiger partial charge in [-0.2, -0.15) is 0 Å². The normalized spacial score (nSPS) is 11.8. The molecule has 1 atom stereocenters. The fourth-order valence-corrected chi connectivity index (χ4v) is 1.66. The van der Waals surface area contributed by atoms with Crippen molar-refractivity contribution in [3.05, 3.63) is 23.8 Å². The van der Waals surface area contributed by atoms with Crippen molar-refractivity contribution >= 4 is 11.6 Å². The van der Waals surface area contributed by atoms with Gasteiger partial charge >= 0.3 is 0 Å². The Morgan fingerprint density at radius 1 is 1.26 bits per heavy atom. The maximum Gasteiger partial charge on any atom is 0.220 e. The van der Waals surface area contributed by atoms with Crippen molar-refractivity contribution in [2.75, 3.05) is 14.2 Å². The molecular formula is C14H17FO4. The number of alkyl halides is 1. The van der Waals surface area contributed by atoms with Crippen LogP contribution in [0.5, 0.6) is 11.5 Å². The highest BCUT2D eigenvalue weighted by molar-refractivity contribution is 6.14. The molecule has 1 aromatic rings. The van der Waals surface area contributed by atoms with Gasteiger partial charge in [0.15, 0.2) is 5.78 Å². The van der Waals surface area contributed by atoms with E-state index >= 15 is 0 Å². The maximum absolute atomic E-state index is 13.8. The van der Waals surface area contributed by atoms with Gasteiger partial charge in [0, 0.05) is 6.42 Å². The van der Waals surface area contributed by atoms with Crippen LogP contribution in [-0.2, 0) is 4.79 Å². The Bertz CT molecular complexity index is 471. The number of carbonyl (C=O) groups is 2. The molecule has 4 nitrogen and oxygen atoms in total. The van der Waals surface area contributed by atoms with Crippen LogP contribution in [0.4, 0.5) is 4.39 Å². The second-order valence-electron chi connectivity index (χ2n) is 4.01. The van der Waals surface area contributed by atoms with E-state index in [9.17, 15) is 14.0 Å². The summed E-state index contributed by atoms with van der Waals surface area (Å²) >= 11 is 0. The molecule has 1 unspecified atom stereocenters. The van der Waals surface area contributed by atoms with Crippen LogP contribution >= 0.6 is 0 Å². The fraction of sp³-hybridized carbons (Fsp3) is 0.429. The average Bonchev–Trinajstić information content (AvgIpc) is 2.45. The van der Waals surface area contributed by atoms with Gasteiger partial charge in [0.25, 0.3) is 0 Å². The third-order valence-corrected chi connectivity index (χ3v) is 2.68. The molecule has 0 fully saturated rings. The van der Waals surface area contributed by atoms with Crippen molar-refractivity contribution < 1.29 is 23.5 Å². The second-order valence-corrected chi connectivity index (χ2v) is 4.01. The molecule has 0 amide bonds. The SMILES string of the molecule is CCCC(=O)C(F)C(=O)c1cc(OC)ccc1OC. The minimum absolute atomic E-state index is 0.0128. The van der Waals surface area contributed by atoms with E-state index in [4.69, 9.17) is 9.47 Å². The molecule has 0 N–H and O–H groups in total. The summed E-state index contributed by atoms with van der Waals surface area (Å²) in [7, 11) is 2.81. The van der Waals surface area contributed by atoms with Crippen LogP contribution in [0.15, 0.2) is 18.2 Å². The van der Waals surface area contributed by atoms with Gasteiger partial charge in [0.1, 0.15) is 11.5 Å². The molecule has 0 aliphatic carbocycles. The molecule has 0 aliphatic heterocycles. The van der Waals surface area contributed by atoms with Crippen LogP contribution in [-0.4, -0.2) is 32.0 Å². The molecule has 5 heteroatoms. The van der Waals surface area contributed by atoms with Crippen molar-refractivity contribution in [2.45, 2.75) is 25.9 Å². The lowest BCUT2D eigenvalue weighted by atomic mass is 10.0. The van der Waals surface area contributed by atoms with Crippen molar-refractivity contribution in [3.8, 4) is 11.5 Å². The molecule has 1 aromatic carbocycles. The molecule has 0 aromatic heterocycles. The molecule has 0 spiro atoms. The largest absolute Gasteiger partial charge is 0.497 e. The topological polar surface area (TPSA) is 52.6 Å². The number of rotatable bonds is 7. The molecule has 0 saturated heterocycles. The van der Waals surface area contributed by atoms with E-state index in [1.54, 1.807) is 13.0 Å². The summed E-state index contributed by atoms with van der Waals surface area (Å²) < 4.78 is 23.8. The number of benzene rings is 1. The van der Waals surface area contributed by atoms with E-state index in [0.29, 0.717) is 12.2 Å². The molecule has 0 saturated carbocycles. The third-order valence-electron chi connectivity index (χ3n) is 2.68. The van der Waals surface area contributed by atoms with E-state index in [1.165, 1.54) is 26.4 Å². The van der Waals surface area contributed by atoms with Crippen LogP contribution < -0.4 is 9.47 Å². The van der Waals surface area contributed by atoms with Gasteiger partial charge in [-0.15, -0.1) is 0 Å². The maximum atomic E-state index is 13.8. The highest BCUT2D eigenvalue weighted by atomic mass is 19.1. The summed E-state index contributed by atoms with van der Waals surface area (Å²) in [6, 6.07) is 4.47. The zero-order valence-corrected chi connectivity index (χ0v) is 11.2. The smallest absolute Gasteiger partial charge is 0.220 e. The predicted molar refractivity (Wildman–Crippen MR) is 68.7 cm³/mol. The van der Waals surface area contributed by atoms with Gasteiger partial charge in [-0.3, -0.25) is 9.59 Å². The number of hydrogen-bond acceptors (Lipinski definition) is 4. The number of methoxy groups -OCH3 is 2. The third kappa shape index (κ3) is 3.53. The Kier molecular flexibility index (Phi) is 5.48. The first-order chi connectivity index (χ1) is 9.04. The summed E-state index contributed by atoms with van der Waals surface area (Å²) in [4.78, 5) is 23.4. The predicted octanol–water partition coefficient (Wildman–Crippen LogP) is 2.59. The number of hydrogen-bond donors (Lipinski definition) is 0. The summed E-state index contributed by atoms with van der Waals surface area (Å²) in [6.07, 6.45) is -1.61. The van der Waals surface area contributed by atoms with Gasteiger partial charge in [-0.1, -0.05) is 6.92 Å². The first-order valence-electron chi connectivity index (χ1n) is 5.98. The van der Waals surface area contributed by atoms with Gasteiger partial charge in [0.2, 0.25) is 12.0 Å². The fourth-order valence-electron chi connectivity index (χ4n) is 1.66. The molecule has 0 bridgehead atoms. The monoisotopic (exact) mass is 268 g/mol. The van der Waals surface area contributed by atoms with E-state index in [-0.39, 0.29) is 17.7 Å². The molecule has 0 aliphatic rings. The minimum Gasteiger partial charge on any atom is -0.497 e. The van der Waals surface area contributed by atoms with Crippen LogP contribution in [0.2, 0.25) is 0 Å². The minimum atomic E-state index is -2.15. The number of Topliss-reactive ketones (excluding diaryl/α,β-unsaturated/α-hetero) is 2. The quantitative estimate of drug-likeness (QED) is 0.563. The molecular weight excluding hydrogens is 251 g/mol. The number of halogens is 1. The molecule has 0 heterocycles. The lowest BCUT2D eigenvalue weighted by Crippen LogP contribution is -2.26. The van der Waals surface area contributed by atoms with Crippen molar-refractivity contribution in [1.82, 2.24) is 0 Å². The van der Waals surface area contributed by atoms with Crippen LogP contribution in [0, 0.1) is 0 Å². The average molecular weight is 268 g/mol. The molecule has 0 radical (unpaired) electrons. The lowest BCUT2D eigenvalue weighted by molar-refractivity contribution is -0.122. The molecule has 104 valence electrons. The van der Waals surface area contributed by atoms with Crippen molar-refractivity contribution in [3.63, 3.8) is 0 Å². The first kappa shape index (κ1) is 15.1. The van der Waals surface area contributed by atoms with Crippen LogP contribution in [0.1, 0.15) is 30.1 Å². The van der Waals surface area contributed by atoms with E-state index in [1.807, 2.05) is 0 Å². The van der Waals surface area contributed by atoms with Crippen LogP contribution in [0.25, 0.3) is 0 Å². The van der Waals surface area contributed by atoms with Gasteiger partial charge in [-0.25, -0.2) is 4.39 Å². The summed E-state index contributed by atoms with van der Waals surface area (Å²) in [5, 5.41) is 0. The van der Waals surface area contributed by atoms with Gasteiger partial charge in [-0.05, 0) is 24.6 Å². The summed E-state index contributed by atoms with van der Waals surface area (Å²) in [5.74, 6) is -0.983. The van der Waals surface area contributed by atoms with Gasteiger partial charge < -0.3 is 9.47 Å². The number of ether oxygens (including phenoxy) is 2. The van der Waals surface area contributed by atoms with E-state index < -0.39 is 17.7 Å². The highest BCUT2D eigenvalue weighted by Crippen LogP contribution is 2.26. The zero-order valence-electron chi connectivity index (χ0n) is 11.2.